The number of nitrogens with zero attached hydrogens (tertiary/aromatic N) is 2. The number of amides is 2. The molecule has 2 aliphatic rings. The number of likely N-dealkylation sites (N-methyl/N-ethyl adjacent to an activating group) is 1. The third kappa shape index (κ3) is 3.11. The molecule has 130 valence electrons. The molecule has 1 saturated carbocycles. The summed E-state index contributed by atoms with van der Waals surface area (Å²) in [4.78, 5) is 28.8. The highest BCUT2D eigenvalue weighted by atomic mass is 16.5. The number of carbonyl (C=O) groups excluding carboxylic acids is 2. The first-order valence-electron chi connectivity index (χ1n) is 8.38. The molecule has 2 amide bonds. The Kier molecular flexibility index (Phi) is 4.49. The summed E-state index contributed by atoms with van der Waals surface area (Å²) in [5.41, 5.74) is 6.11. The summed E-state index contributed by atoms with van der Waals surface area (Å²) in [6.45, 7) is 2.41. The second-order valence-electron chi connectivity index (χ2n) is 6.92. The van der Waals surface area contributed by atoms with Crippen LogP contribution in [0, 0.1) is 5.92 Å². The van der Waals surface area contributed by atoms with Crippen molar-refractivity contribution >= 4 is 11.8 Å². The van der Waals surface area contributed by atoms with Crippen LogP contribution in [0.3, 0.4) is 0 Å². The fourth-order valence-corrected chi connectivity index (χ4v) is 3.50. The Bertz CT molecular complexity index is 625. The van der Waals surface area contributed by atoms with Crippen molar-refractivity contribution in [1.29, 1.82) is 0 Å². The maximum Gasteiger partial charge on any atom is 0.233 e. The largest absolute Gasteiger partial charge is 0.497 e. The molecule has 6 heteroatoms. The Hall–Kier alpha value is -2.08. The molecule has 0 radical (unpaired) electrons. The first-order chi connectivity index (χ1) is 11.5. The Morgan fingerprint density at radius 2 is 1.83 bits per heavy atom. The lowest BCUT2D eigenvalue weighted by Gasteiger charge is -2.28. The second-order valence-corrected chi connectivity index (χ2v) is 6.92. The van der Waals surface area contributed by atoms with Crippen LogP contribution in [0.1, 0.15) is 18.4 Å². The molecule has 1 aromatic rings. The topological polar surface area (TPSA) is 75.9 Å². The number of primary amides is 1. The van der Waals surface area contributed by atoms with Gasteiger partial charge in [0.05, 0.1) is 18.4 Å². The van der Waals surface area contributed by atoms with Crippen LogP contribution in [0.4, 0.5) is 0 Å². The summed E-state index contributed by atoms with van der Waals surface area (Å²) in [5, 5.41) is 0. The van der Waals surface area contributed by atoms with E-state index in [0.29, 0.717) is 19.6 Å². The third-order valence-corrected chi connectivity index (χ3v) is 5.22. The molecule has 0 aromatic heterocycles. The highest BCUT2D eigenvalue weighted by Gasteiger charge is 2.53. The van der Waals surface area contributed by atoms with E-state index < -0.39 is 5.41 Å². The van der Waals surface area contributed by atoms with Crippen molar-refractivity contribution in [3.8, 4) is 5.75 Å². The fourth-order valence-electron chi connectivity index (χ4n) is 3.50. The highest BCUT2D eigenvalue weighted by Crippen LogP contribution is 2.50. The molecule has 0 spiro atoms. The molecule has 1 atom stereocenters. The summed E-state index contributed by atoms with van der Waals surface area (Å²) in [6, 6.07) is 7.73. The minimum atomic E-state index is -0.433. The van der Waals surface area contributed by atoms with E-state index in [4.69, 9.17) is 10.5 Å². The molecule has 2 N–H and O–H groups in total. The highest BCUT2D eigenvalue weighted by molar-refractivity contribution is 5.92. The quantitative estimate of drug-likeness (QED) is 0.877. The van der Waals surface area contributed by atoms with Gasteiger partial charge in [0.25, 0.3) is 0 Å². The van der Waals surface area contributed by atoms with Crippen molar-refractivity contribution in [1.82, 2.24) is 9.80 Å². The van der Waals surface area contributed by atoms with Crippen LogP contribution in [0.5, 0.6) is 5.75 Å². The molecular weight excluding hydrogens is 306 g/mol. The number of carbonyl (C=O) groups is 2. The number of nitrogens with two attached hydrogens (primary N) is 1. The van der Waals surface area contributed by atoms with Gasteiger partial charge in [-0.2, -0.15) is 0 Å². The molecule has 0 unspecified atom stereocenters. The molecule has 1 aliphatic carbocycles. The van der Waals surface area contributed by atoms with Gasteiger partial charge in [-0.3, -0.25) is 9.59 Å². The van der Waals surface area contributed by atoms with E-state index in [-0.39, 0.29) is 17.7 Å². The van der Waals surface area contributed by atoms with Crippen LogP contribution in [0.25, 0.3) is 0 Å². The second kappa shape index (κ2) is 6.43. The van der Waals surface area contributed by atoms with Gasteiger partial charge in [0.2, 0.25) is 11.8 Å². The zero-order chi connectivity index (χ0) is 17.3. The van der Waals surface area contributed by atoms with Gasteiger partial charge in [0, 0.05) is 26.2 Å². The van der Waals surface area contributed by atoms with Crippen LogP contribution in [0.15, 0.2) is 24.3 Å². The Morgan fingerprint density at radius 3 is 2.38 bits per heavy atom. The van der Waals surface area contributed by atoms with E-state index in [2.05, 4.69) is 4.90 Å². The molecule has 2 fully saturated rings. The number of ether oxygens (including phenoxy) is 1. The van der Waals surface area contributed by atoms with Crippen molar-refractivity contribution < 1.29 is 14.3 Å². The lowest BCUT2D eigenvalue weighted by atomic mass is 9.93. The predicted octanol–water partition coefficient (Wildman–Crippen LogP) is 0.602. The van der Waals surface area contributed by atoms with Crippen molar-refractivity contribution in [2.45, 2.75) is 18.3 Å². The van der Waals surface area contributed by atoms with E-state index in [1.165, 1.54) is 0 Å². The summed E-state index contributed by atoms with van der Waals surface area (Å²) >= 11 is 0. The normalized spacial score (nSPS) is 23.4. The molecule has 0 bridgehead atoms. The SMILES string of the molecule is COc1ccc(C2(C(=O)N3CCN(C)C[C@H](C(N)=O)C3)CC2)cc1. The third-order valence-electron chi connectivity index (χ3n) is 5.22. The van der Waals surface area contributed by atoms with Crippen LogP contribution in [-0.2, 0) is 15.0 Å². The van der Waals surface area contributed by atoms with E-state index in [1.807, 2.05) is 36.2 Å². The number of benzene rings is 1. The first kappa shape index (κ1) is 16.8. The van der Waals surface area contributed by atoms with Crippen LogP contribution >= 0.6 is 0 Å². The van der Waals surface area contributed by atoms with Gasteiger partial charge in [0.1, 0.15) is 5.75 Å². The first-order valence-corrected chi connectivity index (χ1v) is 8.38. The standard InChI is InChI=1S/C18H25N3O3/c1-20-9-10-21(12-13(11-20)16(19)22)17(23)18(7-8-18)14-3-5-15(24-2)6-4-14/h3-6,13H,7-12H2,1-2H3,(H2,19,22)/t13-/m0/s1. The Labute approximate surface area is 142 Å². The number of methoxy groups -OCH3 is 1. The molecule has 1 aliphatic heterocycles. The van der Waals surface area contributed by atoms with Crippen LogP contribution < -0.4 is 10.5 Å². The average Bonchev–Trinajstić information content (AvgIpc) is 3.39. The maximum absolute atomic E-state index is 13.2. The molecule has 24 heavy (non-hydrogen) atoms. The van der Waals surface area contributed by atoms with Gasteiger partial charge in [-0.1, -0.05) is 12.1 Å². The van der Waals surface area contributed by atoms with Crippen molar-refractivity contribution in [2.75, 3.05) is 40.3 Å². The van der Waals surface area contributed by atoms with E-state index >= 15 is 0 Å². The number of hydrogen-bond donors (Lipinski definition) is 1. The van der Waals surface area contributed by atoms with E-state index in [0.717, 1.165) is 30.7 Å². The van der Waals surface area contributed by atoms with Crippen LogP contribution in [-0.4, -0.2) is 62.0 Å². The number of rotatable bonds is 4. The van der Waals surface area contributed by atoms with Crippen molar-refractivity contribution in [3.63, 3.8) is 0 Å². The minimum absolute atomic E-state index is 0.120. The average molecular weight is 331 g/mol. The summed E-state index contributed by atoms with van der Waals surface area (Å²) < 4.78 is 5.20. The molecule has 1 aromatic carbocycles. The van der Waals surface area contributed by atoms with Gasteiger partial charge in [-0.15, -0.1) is 0 Å². The van der Waals surface area contributed by atoms with Gasteiger partial charge in [-0.25, -0.2) is 0 Å². The lowest BCUT2D eigenvalue weighted by Crippen LogP contribution is -2.44. The molecular formula is C18H25N3O3. The van der Waals surface area contributed by atoms with Gasteiger partial charge in [-0.05, 0) is 37.6 Å². The smallest absolute Gasteiger partial charge is 0.233 e. The van der Waals surface area contributed by atoms with E-state index in [1.54, 1.807) is 7.11 Å². The van der Waals surface area contributed by atoms with Crippen LogP contribution in [0.2, 0.25) is 0 Å². The van der Waals surface area contributed by atoms with E-state index in [9.17, 15) is 9.59 Å². The van der Waals surface area contributed by atoms with Gasteiger partial charge >= 0.3 is 0 Å². The number of hydrogen-bond acceptors (Lipinski definition) is 4. The molecule has 1 heterocycles. The fraction of sp³-hybridized carbons (Fsp3) is 0.556. The van der Waals surface area contributed by atoms with Gasteiger partial charge in [0.15, 0.2) is 0 Å². The minimum Gasteiger partial charge on any atom is -0.497 e. The van der Waals surface area contributed by atoms with Crippen molar-refractivity contribution in [3.05, 3.63) is 29.8 Å². The molecule has 6 nitrogen and oxygen atoms in total. The van der Waals surface area contributed by atoms with Crippen molar-refractivity contribution in [2.24, 2.45) is 11.7 Å². The zero-order valence-corrected chi connectivity index (χ0v) is 14.3. The summed E-state index contributed by atoms with van der Waals surface area (Å²) in [7, 11) is 3.59. The summed E-state index contributed by atoms with van der Waals surface area (Å²) in [5.74, 6) is 0.255. The maximum atomic E-state index is 13.2. The monoisotopic (exact) mass is 331 g/mol. The zero-order valence-electron chi connectivity index (χ0n) is 14.3. The predicted molar refractivity (Wildman–Crippen MR) is 90.7 cm³/mol. The summed E-state index contributed by atoms with van der Waals surface area (Å²) in [6.07, 6.45) is 1.71. The lowest BCUT2D eigenvalue weighted by molar-refractivity contribution is -0.135. The molecule has 3 rings (SSSR count). The Balaban J connectivity index is 1.80. The molecule has 1 saturated heterocycles. The Morgan fingerprint density at radius 1 is 1.17 bits per heavy atom. The van der Waals surface area contributed by atoms with Gasteiger partial charge < -0.3 is 20.3 Å².